The number of guanidine groups is 1. The molecule has 0 aliphatic heterocycles. The Hall–Kier alpha value is -10.2. The maximum atomic E-state index is 14.9. The Morgan fingerprint density at radius 2 is 0.686 bits per heavy atom. The summed E-state index contributed by atoms with van der Waals surface area (Å²) in [6.07, 6.45) is 21.5. The van der Waals surface area contributed by atoms with E-state index in [0.29, 0.717) is 102 Å². The molecule has 2 aromatic heterocycles. The summed E-state index contributed by atoms with van der Waals surface area (Å²) >= 11 is 0. The van der Waals surface area contributed by atoms with Crippen molar-refractivity contribution in [2.75, 3.05) is 59.0 Å². The molecule has 14 atom stereocenters. The smallest absolute Gasteiger partial charge is 0.239 e. The third kappa shape index (κ3) is 55.3. The number of imidazole rings is 2. The first-order chi connectivity index (χ1) is 66.9. The number of aromatic nitrogens is 4. The van der Waals surface area contributed by atoms with E-state index < -0.39 is 230 Å². The van der Waals surface area contributed by atoms with Crippen LogP contribution in [0.1, 0.15) is 323 Å². The molecule has 0 aliphatic carbocycles. The van der Waals surface area contributed by atoms with Crippen molar-refractivity contribution >= 4 is 106 Å². The Bertz CT molecular complexity index is 4040. The Morgan fingerprint density at radius 1 is 0.350 bits per heavy atom. The monoisotopic (exact) mass is 1980 g/mol. The van der Waals surface area contributed by atoms with E-state index in [1.165, 1.54) is 83.3 Å². The van der Waals surface area contributed by atoms with Crippen LogP contribution < -0.4 is 94.1 Å². The molecule has 2 aromatic rings. The number of Topliss-reactive ketones (excluding diaryl/α,β-unsaturated/α-hetero) is 7. The van der Waals surface area contributed by atoms with Crippen LogP contribution in [0, 0.1) is 53.3 Å². The molecule has 10 amide bonds. The van der Waals surface area contributed by atoms with E-state index >= 15 is 0 Å². The second-order valence-corrected chi connectivity index (χ2v) is 38.5. The zero-order valence-electron chi connectivity index (χ0n) is 84.4. The molecule has 0 radical (unpaired) electrons. The predicted molar refractivity (Wildman–Crippen MR) is 534 cm³/mol. The van der Waals surface area contributed by atoms with Gasteiger partial charge >= 0.3 is 0 Å². The van der Waals surface area contributed by atoms with Gasteiger partial charge in [0.05, 0.1) is 68.4 Å². The topological polar surface area (TPSA) is 731 Å². The van der Waals surface area contributed by atoms with E-state index in [0.717, 1.165) is 25.7 Å². The molecule has 41 nitrogen and oxygen atoms in total. The van der Waals surface area contributed by atoms with E-state index in [-0.39, 0.29) is 146 Å². The number of aromatic amines is 2. The van der Waals surface area contributed by atoms with Gasteiger partial charge in [0, 0.05) is 131 Å². The number of aliphatic hydroxyl groups excluding tert-OH is 2. The lowest BCUT2D eigenvalue weighted by molar-refractivity contribution is -0.136. The highest BCUT2D eigenvalue weighted by molar-refractivity contribution is 6.00. The number of unbranched alkanes of at least 4 members (excludes halogenated alkanes) is 17. The maximum absolute atomic E-state index is 14.9. The fraction of sp³-hybridized carbons (Fsp3) is 0.758. The SMILES string of the molecule is CCCCCCCCCCCCCCCC(=O)N[C@@H](CCCCN)C(=O)C[C@@H](CC(C)C)C(=O)N[C@@H](CO)C(=O)C[C@@H](Cc1cnc[nH]1)C(=O)N[C@@H](CO)C(=O)C[C@@H](CCCCN)C(=O)NCC(=O)C[C@@H](Cc1cnc[nH]1)C(=O)N[C@@H](CCC(N)=O)C(=O)C[C@@H](CCCCN)C(=O)N[C@@H](CCCN=C(N)N)C(=O)C[C@@H](CCCCN)C(=O)N[C@@H](C)C(=O)C[C@@H](CC(C)C)C(=O)N[C@@H](CCCCN)C(N)=O. The third-order valence-electron chi connectivity index (χ3n) is 25.2. The largest absolute Gasteiger partial charge is 0.394 e. The van der Waals surface area contributed by atoms with Crippen molar-refractivity contribution in [1.29, 1.82) is 0 Å². The summed E-state index contributed by atoms with van der Waals surface area (Å²) in [5.74, 6) is -20.3. The highest BCUT2D eigenvalue weighted by Gasteiger charge is 2.39. The minimum absolute atomic E-state index is 0.0104. The van der Waals surface area contributed by atoms with Crippen molar-refractivity contribution in [1.82, 2.24) is 62.5 Å². The molecule has 0 aliphatic rings. The molecule has 2 heterocycles. The minimum atomic E-state index is -1.67. The molecule has 0 spiro atoms. The molecule has 140 heavy (non-hydrogen) atoms. The molecule has 0 aromatic carbocycles. The summed E-state index contributed by atoms with van der Waals surface area (Å²) in [6.45, 7) is 9.87. The van der Waals surface area contributed by atoms with Gasteiger partial charge in [-0.2, -0.15) is 0 Å². The Balaban J connectivity index is 2.43. The Labute approximate surface area is 827 Å². The summed E-state index contributed by atoms with van der Waals surface area (Å²) in [6, 6.07) is -9.16. The number of carbonyl (C=O) groups excluding carboxylic acids is 17. The second-order valence-electron chi connectivity index (χ2n) is 38.5. The first kappa shape index (κ1) is 126. The fourth-order valence-electron chi connectivity index (χ4n) is 17.0. The van der Waals surface area contributed by atoms with Crippen molar-refractivity contribution < 1.29 is 91.7 Å². The zero-order valence-corrected chi connectivity index (χ0v) is 84.4. The lowest BCUT2D eigenvalue weighted by Crippen LogP contribution is -2.50. The van der Waals surface area contributed by atoms with Crippen molar-refractivity contribution in [2.24, 2.45) is 110 Å². The van der Waals surface area contributed by atoms with Crippen molar-refractivity contribution in [3.63, 3.8) is 0 Å². The number of aliphatic hydroxyl groups is 2. The average molecular weight is 1980 g/mol. The summed E-state index contributed by atoms with van der Waals surface area (Å²) in [5, 5.41) is 43.1. The summed E-state index contributed by atoms with van der Waals surface area (Å²) in [7, 11) is 0. The Kier molecular flexibility index (Phi) is 67.2. The Morgan fingerprint density at radius 3 is 1.09 bits per heavy atom. The molecule has 794 valence electrons. The van der Waals surface area contributed by atoms with Gasteiger partial charge in [-0.3, -0.25) is 86.5 Å². The van der Waals surface area contributed by atoms with Crippen LogP contribution in [0.2, 0.25) is 0 Å². The van der Waals surface area contributed by atoms with Crippen molar-refractivity contribution in [3.8, 4) is 0 Å². The quantitative estimate of drug-likeness (QED) is 0.0256. The molecule has 0 unspecified atom stereocenters. The molecule has 2 rings (SSSR count). The zero-order chi connectivity index (χ0) is 104. The number of H-pyrrole nitrogens is 2. The molecule has 0 saturated heterocycles. The van der Waals surface area contributed by atoms with Gasteiger partial charge in [-0.15, -0.1) is 0 Å². The molecule has 41 heteroatoms. The van der Waals surface area contributed by atoms with Gasteiger partial charge in [-0.1, -0.05) is 131 Å². The van der Waals surface area contributed by atoms with Crippen LogP contribution in [-0.4, -0.2) is 237 Å². The number of hydrogen-bond donors (Lipinski definition) is 21. The third-order valence-corrected chi connectivity index (χ3v) is 25.2. The van der Waals surface area contributed by atoms with Crippen molar-refractivity contribution in [2.45, 2.75) is 366 Å². The van der Waals surface area contributed by atoms with Crippen LogP contribution in [0.5, 0.6) is 0 Å². The predicted octanol–water partition coefficient (Wildman–Crippen LogP) is 3.48. The molecule has 30 N–H and O–H groups in total. The number of primary amides is 2. The number of aliphatic imine (C=N–C) groups is 1. The summed E-state index contributed by atoms with van der Waals surface area (Å²) in [4.78, 5) is 258. The number of ketones is 7. The summed E-state index contributed by atoms with van der Waals surface area (Å²) < 4.78 is 0. The van der Waals surface area contributed by atoms with Gasteiger partial charge in [-0.05, 0) is 167 Å². The average Bonchev–Trinajstić information content (AvgIpc) is 1.26. The van der Waals surface area contributed by atoms with Gasteiger partial charge in [0.1, 0.15) is 18.1 Å². The number of nitrogens with one attached hydrogen (secondary N) is 10. The van der Waals surface area contributed by atoms with Gasteiger partial charge in [0.2, 0.25) is 59.1 Å². The number of rotatable bonds is 88. The van der Waals surface area contributed by atoms with Crippen LogP contribution in [0.4, 0.5) is 0 Å². The maximum Gasteiger partial charge on any atom is 0.239 e. The molecule has 0 fully saturated rings. The fourth-order valence-corrected chi connectivity index (χ4v) is 17.0. The van der Waals surface area contributed by atoms with Crippen LogP contribution in [0.25, 0.3) is 0 Å². The number of nitrogens with two attached hydrogens (primary N) is 9. The van der Waals surface area contributed by atoms with E-state index in [9.17, 15) is 91.7 Å². The van der Waals surface area contributed by atoms with Crippen LogP contribution in [-0.2, 0) is 94.3 Å². The lowest BCUT2D eigenvalue weighted by Gasteiger charge is -2.26. The molecule has 0 saturated carbocycles. The first-order valence-electron chi connectivity index (χ1n) is 51.3. The lowest BCUT2D eigenvalue weighted by atomic mass is 9.88. The number of carbonyl (C=O) groups is 17. The molecule has 0 bridgehead atoms. The number of amides is 10. The van der Waals surface area contributed by atoms with Gasteiger partial charge in [-0.25, -0.2) is 9.97 Å². The summed E-state index contributed by atoms with van der Waals surface area (Å²) in [5.41, 5.74) is 52.4. The van der Waals surface area contributed by atoms with Crippen molar-refractivity contribution in [3.05, 3.63) is 36.4 Å². The van der Waals surface area contributed by atoms with E-state index in [1.807, 2.05) is 27.7 Å². The molecular formula is C99H174N22O19. The van der Waals surface area contributed by atoms with Crippen LogP contribution in [0.15, 0.2) is 30.0 Å². The minimum Gasteiger partial charge on any atom is -0.394 e. The number of nitrogens with zero attached hydrogens (tertiary/aromatic N) is 3. The first-order valence-corrected chi connectivity index (χ1v) is 51.3. The highest BCUT2D eigenvalue weighted by Crippen LogP contribution is 2.27. The van der Waals surface area contributed by atoms with Gasteiger partial charge in [0.15, 0.2) is 46.4 Å². The number of hydrogen-bond acceptors (Lipinski definition) is 27. The molecular weight excluding hydrogens is 1800 g/mol. The van der Waals surface area contributed by atoms with Gasteiger partial charge < -0.3 is 114 Å². The van der Waals surface area contributed by atoms with E-state index in [1.54, 1.807) is 0 Å². The highest BCUT2D eigenvalue weighted by atomic mass is 16.3. The van der Waals surface area contributed by atoms with E-state index in [4.69, 9.17) is 51.6 Å². The normalized spacial score (nSPS) is 14.4. The van der Waals surface area contributed by atoms with Crippen LogP contribution in [0.3, 0.4) is 0 Å². The van der Waals surface area contributed by atoms with Gasteiger partial charge in [0.25, 0.3) is 0 Å². The second kappa shape index (κ2) is 74.7. The standard InChI is InChI=1S/C99H174N22O19/c1-7-8-9-10-11-12-13-14-15-16-17-18-19-37-90(132)116-77(34-23-28-43-103)86(128)55-71(47-65(4)5)96(138)120-82(61-123)88(130)56-73(49-75-58-110-63-114-75)98(140)121-81(60-122)87(129)51-67(31-20-25-40-100)92(134)112-59-76(124)50-72(48-74-57-109-62-113-74)97(139)118-79(38-39-89(105)131)85(127)53-69(33-22-27-42-102)94(136)117-78(36-30-45-111-99(107)108)84(126)52-68(32-21-26-41-101)93(135)115-66(6)83(125)54-70(46-64(2)3)95(137)119-80(91(106)133)35-24-29-44-104/h57-58,62-73,77-82,122-123H,7-56,59-61,100-104H2,1-6H3,(H2,105,131)(H2,106,133)(H,109,113)(H,110,114)(H,112,134)(H,115,135)(H,116,132)(H,117,136)(H,118,139)(H,119,137)(H,120,138)(H,121,140)(H4,107,108,111)/t66-,67+,68+,69+,70+,71+,72+,73+,77-,78-,79-,80-,81-,82-/m0/s1. The van der Waals surface area contributed by atoms with Crippen LogP contribution >= 0.6 is 0 Å². The van der Waals surface area contributed by atoms with E-state index in [2.05, 4.69) is 74.4 Å².